The van der Waals surface area contributed by atoms with Crippen LogP contribution < -0.4 is 19.5 Å². The van der Waals surface area contributed by atoms with E-state index in [1.807, 2.05) is 12.1 Å². The second-order valence-electron chi connectivity index (χ2n) is 4.89. The van der Waals surface area contributed by atoms with Crippen molar-refractivity contribution < 1.29 is 19.0 Å². The van der Waals surface area contributed by atoms with Crippen LogP contribution in [0, 0.1) is 0 Å². The number of hydrogen-bond donors (Lipinski definition) is 1. The van der Waals surface area contributed by atoms with Crippen LogP contribution in [0.3, 0.4) is 0 Å². The van der Waals surface area contributed by atoms with E-state index in [4.69, 9.17) is 25.8 Å². The average molecular weight is 334 g/mol. The summed E-state index contributed by atoms with van der Waals surface area (Å²) in [6, 6.07) is 12.3. The van der Waals surface area contributed by atoms with E-state index < -0.39 is 0 Å². The number of rotatable bonds is 5. The van der Waals surface area contributed by atoms with Crippen molar-refractivity contribution in [2.45, 2.75) is 0 Å². The number of amides is 1. The molecule has 0 bridgehead atoms. The second kappa shape index (κ2) is 7.24. The first-order valence-electron chi connectivity index (χ1n) is 7.29. The highest BCUT2D eigenvalue weighted by atomic mass is 35.5. The molecule has 1 aliphatic rings. The smallest absolute Gasteiger partial charge is 0.251 e. The Balaban J connectivity index is 1.51. The van der Waals surface area contributed by atoms with Crippen LogP contribution in [0.15, 0.2) is 42.5 Å². The molecule has 0 unspecified atom stereocenters. The summed E-state index contributed by atoms with van der Waals surface area (Å²) < 4.78 is 16.4. The molecular weight excluding hydrogens is 318 g/mol. The zero-order valence-corrected chi connectivity index (χ0v) is 13.1. The minimum atomic E-state index is -0.190. The van der Waals surface area contributed by atoms with E-state index in [-0.39, 0.29) is 5.91 Å². The van der Waals surface area contributed by atoms with Crippen molar-refractivity contribution >= 4 is 17.5 Å². The Morgan fingerprint density at radius 1 is 1.13 bits per heavy atom. The third-order valence-electron chi connectivity index (χ3n) is 3.29. The fourth-order valence-corrected chi connectivity index (χ4v) is 2.36. The SMILES string of the molecule is O=C(NCCOc1ccccc1Cl)c1ccc2c(c1)OCCO2. The molecule has 120 valence electrons. The van der Waals surface area contributed by atoms with Crippen molar-refractivity contribution in [2.24, 2.45) is 0 Å². The topological polar surface area (TPSA) is 56.8 Å². The van der Waals surface area contributed by atoms with Crippen LogP contribution in [0.2, 0.25) is 5.02 Å². The van der Waals surface area contributed by atoms with E-state index in [1.165, 1.54) is 0 Å². The molecule has 0 aromatic heterocycles. The molecular formula is C17H16ClNO4. The van der Waals surface area contributed by atoms with E-state index >= 15 is 0 Å². The Morgan fingerprint density at radius 2 is 1.91 bits per heavy atom. The number of nitrogens with one attached hydrogen (secondary N) is 1. The second-order valence-corrected chi connectivity index (χ2v) is 5.30. The number of carbonyl (C=O) groups is 1. The molecule has 1 N–H and O–H groups in total. The van der Waals surface area contributed by atoms with Crippen LogP contribution in [-0.2, 0) is 0 Å². The lowest BCUT2D eigenvalue weighted by Gasteiger charge is -2.18. The van der Waals surface area contributed by atoms with Crippen molar-refractivity contribution in [1.29, 1.82) is 0 Å². The molecule has 1 aliphatic heterocycles. The summed E-state index contributed by atoms with van der Waals surface area (Å²) in [4.78, 5) is 12.1. The van der Waals surface area contributed by atoms with E-state index in [2.05, 4.69) is 5.32 Å². The van der Waals surface area contributed by atoms with Gasteiger partial charge < -0.3 is 19.5 Å². The lowest BCUT2D eigenvalue weighted by molar-refractivity contribution is 0.0945. The van der Waals surface area contributed by atoms with Gasteiger partial charge in [-0.25, -0.2) is 0 Å². The number of para-hydroxylation sites is 1. The van der Waals surface area contributed by atoms with Crippen molar-refractivity contribution in [3.63, 3.8) is 0 Å². The Kier molecular flexibility index (Phi) is 4.88. The third-order valence-corrected chi connectivity index (χ3v) is 3.60. The Labute approximate surface area is 139 Å². The van der Waals surface area contributed by atoms with Gasteiger partial charge in [0.05, 0.1) is 11.6 Å². The summed E-state index contributed by atoms with van der Waals surface area (Å²) in [6.45, 7) is 1.72. The van der Waals surface area contributed by atoms with Gasteiger partial charge in [0.15, 0.2) is 11.5 Å². The molecule has 2 aromatic rings. The van der Waals surface area contributed by atoms with Crippen LogP contribution in [0.4, 0.5) is 0 Å². The van der Waals surface area contributed by atoms with Gasteiger partial charge in [0, 0.05) is 5.56 Å². The molecule has 0 aliphatic carbocycles. The summed E-state index contributed by atoms with van der Waals surface area (Å²) in [6.07, 6.45) is 0. The van der Waals surface area contributed by atoms with Crippen LogP contribution in [0.25, 0.3) is 0 Å². The Morgan fingerprint density at radius 3 is 2.74 bits per heavy atom. The van der Waals surface area contributed by atoms with Crippen molar-refractivity contribution in [3.05, 3.63) is 53.1 Å². The Hall–Kier alpha value is -2.40. The normalized spacial score (nSPS) is 12.6. The highest BCUT2D eigenvalue weighted by Gasteiger charge is 2.14. The van der Waals surface area contributed by atoms with Crippen LogP contribution in [0.5, 0.6) is 17.2 Å². The van der Waals surface area contributed by atoms with Gasteiger partial charge in [0.1, 0.15) is 25.6 Å². The first kappa shape index (κ1) is 15.5. The molecule has 0 radical (unpaired) electrons. The molecule has 0 spiro atoms. The molecule has 0 saturated heterocycles. The van der Waals surface area contributed by atoms with E-state index in [1.54, 1.807) is 30.3 Å². The highest BCUT2D eigenvalue weighted by Crippen LogP contribution is 2.30. The van der Waals surface area contributed by atoms with Gasteiger partial charge in [-0.2, -0.15) is 0 Å². The van der Waals surface area contributed by atoms with Gasteiger partial charge in [-0.3, -0.25) is 4.79 Å². The number of ether oxygens (including phenoxy) is 3. The van der Waals surface area contributed by atoms with E-state index in [0.717, 1.165) is 0 Å². The minimum absolute atomic E-state index is 0.190. The molecule has 0 fully saturated rings. The summed E-state index contributed by atoms with van der Waals surface area (Å²) in [5, 5.41) is 3.34. The number of benzene rings is 2. The van der Waals surface area contributed by atoms with Crippen LogP contribution >= 0.6 is 11.6 Å². The average Bonchev–Trinajstić information content (AvgIpc) is 2.59. The van der Waals surface area contributed by atoms with Crippen molar-refractivity contribution in [2.75, 3.05) is 26.4 Å². The highest BCUT2D eigenvalue weighted by molar-refractivity contribution is 6.32. The molecule has 3 rings (SSSR count). The summed E-state index contributed by atoms with van der Waals surface area (Å²) in [7, 11) is 0. The zero-order chi connectivity index (χ0) is 16.1. The first-order valence-corrected chi connectivity index (χ1v) is 7.67. The first-order chi connectivity index (χ1) is 11.2. The lowest BCUT2D eigenvalue weighted by atomic mass is 10.2. The van der Waals surface area contributed by atoms with Gasteiger partial charge in [-0.05, 0) is 30.3 Å². The fraction of sp³-hybridized carbons (Fsp3) is 0.235. The summed E-state index contributed by atoms with van der Waals surface area (Å²) in [5.41, 5.74) is 0.520. The molecule has 5 nitrogen and oxygen atoms in total. The van der Waals surface area contributed by atoms with Gasteiger partial charge >= 0.3 is 0 Å². The van der Waals surface area contributed by atoms with Crippen LogP contribution in [-0.4, -0.2) is 32.3 Å². The van der Waals surface area contributed by atoms with E-state index in [0.29, 0.717) is 54.2 Å². The maximum atomic E-state index is 12.1. The molecule has 0 saturated carbocycles. The fourth-order valence-electron chi connectivity index (χ4n) is 2.17. The number of halogens is 1. The summed E-state index contributed by atoms with van der Waals surface area (Å²) in [5.74, 6) is 1.67. The molecule has 1 amide bonds. The molecule has 0 atom stereocenters. The number of hydrogen-bond acceptors (Lipinski definition) is 4. The third kappa shape index (κ3) is 3.87. The maximum absolute atomic E-state index is 12.1. The standard InChI is InChI=1S/C17H16ClNO4/c18-13-3-1-2-4-14(13)21-8-7-19-17(20)12-5-6-15-16(11-12)23-10-9-22-15/h1-6,11H,7-10H2,(H,19,20). The predicted octanol–water partition coefficient (Wildman–Crippen LogP) is 2.92. The quantitative estimate of drug-likeness (QED) is 0.855. The van der Waals surface area contributed by atoms with Gasteiger partial charge in [0.2, 0.25) is 0 Å². The van der Waals surface area contributed by atoms with Crippen molar-refractivity contribution in [3.8, 4) is 17.2 Å². The predicted molar refractivity (Wildman–Crippen MR) is 86.7 cm³/mol. The van der Waals surface area contributed by atoms with Crippen LogP contribution in [0.1, 0.15) is 10.4 Å². The van der Waals surface area contributed by atoms with Gasteiger partial charge in [0.25, 0.3) is 5.91 Å². The molecule has 6 heteroatoms. The molecule has 23 heavy (non-hydrogen) atoms. The largest absolute Gasteiger partial charge is 0.490 e. The zero-order valence-electron chi connectivity index (χ0n) is 12.4. The monoisotopic (exact) mass is 333 g/mol. The minimum Gasteiger partial charge on any atom is -0.490 e. The lowest BCUT2D eigenvalue weighted by Crippen LogP contribution is -2.28. The van der Waals surface area contributed by atoms with Gasteiger partial charge in [-0.15, -0.1) is 0 Å². The van der Waals surface area contributed by atoms with Gasteiger partial charge in [-0.1, -0.05) is 23.7 Å². The van der Waals surface area contributed by atoms with Crippen molar-refractivity contribution in [1.82, 2.24) is 5.32 Å². The Bertz CT molecular complexity index is 705. The maximum Gasteiger partial charge on any atom is 0.251 e. The number of carbonyl (C=O) groups excluding carboxylic acids is 1. The molecule has 1 heterocycles. The van der Waals surface area contributed by atoms with E-state index in [9.17, 15) is 4.79 Å². The number of fused-ring (bicyclic) bond motifs is 1. The molecule has 2 aromatic carbocycles. The summed E-state index contributed by atoms with van der Waals surface area (Å²) >= 11 is 5.99.